The number of benzene rings is 1. The van der Waals surface area contributed by atoms with Gasteiger partial charge in [0, 0.05) is 11.5 Å². The standard InChI is InChI=1S/C12H14O4/c1-12(2,6-5-11(15)16)8-3-4-9(13)10(14)7-8/h3-7,13-14H,1-2H3,(H,15,16)/b6-5+. The minimum Gasteiger partial charge on any atom is -0.504 e. The van der Waals surface area contributed by atoms with Crippen molar-refractivity contribution in [2.24, 2.45) is 0 Å². The average Bonchev–Trinajstić information content (AvgIpc) is 2.19. The first-order chi connectivity index (χ1) is 7.33. The van der Waals surface area contributed by atoms with Gasteiger partial charge in [0.1, 0.15) is 0 Å². The highest BCUT2D eigenvalue weighted by atomic mass is 16.4. The van der Waals surface area contributed by atoms with Gasteiger partial charge in [-0.05, 0) is 17.7 Å². The summed E-state index contributed by atoms with van der Waals surface area (Å²) in [6.45, 7) is 3.64. The zero-order chi connectivity index (χ0) is 12.3. The Labute approximate surface area is 93.5 Å². The van der Waals surface area contributed by atoms with Crippen molar-refractivity contribution in [3.05, 3.63) is 35.9 Å². The highest BCUT2D eigenvalue weighted by molar-refractivity contribution is 5.80. The number of phenolic OH excluding ortho intramolecular Hbond substituents is 2. The SMILES string of the molecule is CC(C)(/C=C/C(=O)O)c1ccc(O)c(O)c1. The summed E-state index contributed by atoms with van der Waals surface area (Å²) in [4.78, 5) is 10.4. The molecule has 0 aliphatic heterocycles. The minimum absolute atomic E-state index is 0.193. The van der Waals surface area contributed by atoms with Gasteiger partial charge in [0.05, 0.1) is 0 Å². The van der Waals surface area contributed by atoms with Crippen LogP contribution >= 0.6 is 0 Å². The molecule has 1 aromatic rings. The summed E-state index contributed by atoms with van der Waals surface area (Å²) in [5, 5.41) is 27.1. The lowest BCUT2D eigenvalue weighted by atomic mass is 9.84. The summed E-state index contributed by atoms with van der Waals surface area (Å²) in [5.74, 6) is -1.42. The first kappa shape index (κ1) is 12.1. The van der Waals surface area contributed by atoms with Gasteiger partial charge in [-0.1, -0.05) is 26.0 Å². The third kappa shape index (κ3) is 2.76. The van der Waals surface area contributed by atoms with Crippen LogP contribution in [0.15, 0.2) is 30.4 Å². The van der Waals surface area contributed by atoms with Crippen molar-refractivity contribution in [3.63, 3.8) is 0 Å². The highest BCUT2D eigenvalue weighted by Crippen LogP contribution is 2.32. The number of aliphatic carboxylic acids is 1. The number of phenols is 2. The fourth-order valence-electron chi connectivity index (χ4n) is 1.30. The maximum atomic E-state index is 10.4. The molecule has 0 saturated heterocycles. The molecule has 16 heavy (non-hydrogen) atoms. The van der Waals surface area contributed by atoms with Crippen molar-refractivity contribution in [1.82, 2.24) is 0 Å². The number of rotatable bonds is 3. The van der Waals surface area contributed by atoms with E-state index >= 15 is 0 Å². The zero-order valence-corrected chi connectivity index (χ0v) is 9.14. The normalized spacial score (nSPS) is 11.9. The molecule has 4 heteroatoms. The predicted octanol–water partition coefficient (Wildman–Crippen LogP) is 2.02. The fourth-order valence-corrected chi connectivity index (χ4v) is 1.30. The van der Waals surface area contributed by atoms with E-state index in [9.17, 15) is 9.90 Å². The number of carbonyl (C=O) groups is 1. The maximum Gasteiger partial charge on any atom is 0.328 e. The summed E-state index contributed by atoms with van der Waals surface area (Å²) in [7, 11) is 0. The van der Waals surface area contributed by atoms with Crippen LogP contribution in [0.5, 0.6) is 11.5 Å². The van der Waals surface area contributed by atoms with Crippen LogP contribution in [0.2, 0.25) is 0 Å². The lowest BCUT2D eigenvalue weighted by Gasteiger charge is -2.21. The third-order valence-corrected chi connectivity index (χ3v) is 2.36. The average molecular weight is 222 g/mol. The number of carboxylic acid groups (broad SMARTS) is 1. The van der Waals surface area contributed by atoms with Crippen LogP contribution in [0.4, 0.5) is 0 Å². The van der Waals surface area contributed by atoms with Crippen LogP contribution in [-0.4, -0.2) is 21.3 Å². The van der Waals surface area contributed by atoms with Crippen molar-refractivity contribution in [2.75, 3.05) is 0 Å². The van der Waals surface area contributed by atoms with E-state index in [1.54, 1.807) is 6.07 Å². The van der Waals surface area contributed by atoms with Gasteiger partial charge >= 0.3 is 5.97 Å². The summed E-state index contributed by atoms with van der Waals surface area (Å²) >= 11 is 0. The van der Waals surface area contributed by atoms with Crippen LogP contribution in [0.1, 0.15) is 19.4 Å². The van der Waals surface area contributed by atoms with Crippen molar-refractivity contribution in [1.29, 1.82) is 0 Å². The Hall–Kier alpha value is -1.97. The van der Waals surface area contributed by atoms with E-state index in [1.165, 1.54) is 18.2 Å². The molecule has 0 unspecified atom stereocenters. The lowest BCUT2D eigenvalue weighted by molar-refractivity contribution is -0.131. The van der Waals surface area contributed by atoms with Gasteiger partial charge in [-0.15, -0.1) is 0 Å². The Morgan fingerprint density at radius 2 is 1.88 bits per heavy atom. The summed E-state index contributed by atoms with van der Waals surface area (Å²) in [6, 6.07) is 4.43. The topological polar surface area (TPSA) is 77.8 Å². The molecule has 1 rings (SSSR count). The Morgan fingerprint density at radius 1 is 1.25 bits per heavy atom. The predicted molar refractivity (Wildman–Crippen MR) is 59.6 cm³/mol. The van der Waals surface area contributed by atoms with Crippen LogP contribution < -0.4 is 0 Å². The molecule has 0 spiro atoms. The van der Waals surface area contributed by atoms with Gasteiger partial charge in [0.25, 0.3) is 0 Å². The Morgan fingerprint density at radius 3 is 2.38 bits per heavy atom. The summed E-state index contributed by atoms with van der Waals surface area (Å²) in [5.41, 5.74) is 0.198. The molecule has 0 fully saturated rings. The quantitative estimate of drug-likeness (QED) is 0.540. The first-order valence-electron chi connectivity index (χ1n) is 4.77. The van der Waals surface area contributed by atoms with E-state index in [0.29, 0.717) is 0 Å². The van der Waals surface area contributed by atoms with E-state index in [4.69, 9.17) is 10.2 Å². The molecule has 0 radical (unpaired) electrons. The Kier molecular flexibility index (Phi) is 3.22. The first-order valence-corrected chi connectivity index (χ1v) is 4.77. The van der Waals surface area contributed by atoms with Crippen LogP contribution in [0.25, 0.3) is 0 Å². The van der Waals surface area contributed by atoms with Crippen molar-refractivity contribution in [2.45, 2.75) is 19.3 Å². The molecule has 0 heterocycles. The van der Waals surface area contributed by atoms with E-state index in [1.807, 2.05) is 13.8 Å². The molecule has 1 aromatic carbocycles. The van der Waals surface area contributed by atoms with Gasteiger partial charge in [-0.3, -0.25) is 0 Å². The monoisotopic (exact) mass is 222 g/mol. The van der Waals surface area contributed by atoms with Crippen molar-refractivity contribution in [3.8, 4) is 11.5 Å². The molecule has 0 saturated carbocycles. The highest BCUT2D eigenvalue weighted by Gasteiger charge is 2.18. The van der Waals surface area contributed by atoms with Crippen LogP contribution in [0, 0.1) is 0 Å². The minimum atomic E-state index is -1.02. The second-order valence-corrected chi connectivity index (χ2v) is 4.10. The van der Waals surface area contributed by atoms with Gasteiger partial charge in [0.15, 0.2) is 11.5 Å². The zero-order valence-electron chi connectivity index (χ0n) is 9.14. The molecule has 86 valence electrons. The number of hydrogen-bond acceptors (Lipinski definition) is 3. The molecule has 0 aliphatic carbocycles. The lowest BCUT2D eigenvalue weighted by Crippen LogP contribution is -2.13. The number of hydrogen-bond donors (Lipinski definition) is 3. The van der Waals surface area contributed by atoms with Crippen LogP contribution in [0.3, 0.4) is 0 Å². The molecule has 4 nitrogen and oxygen atoms in total. The second-order valence-electron chi connectivity index (χ2n) is 4.10. The number of aromatic hydroxyl groups is 2. The molecule has 0 aliphatic rings. The van der Waals surface area contributed by atoms with E-state index in [-0.39, 0.29) is 11.5 Å². The van der Waals surface area contributed by atoms with Gasteiger partial charge in [0.2, 0.25) is 0 Å². The van der Waals surface area contributed by atoms with Crippen molar-refractivity contribution < 1.29 is 20.1 Å². The third-order valence-electron chi connectivity index (χ3n) is 2.36. The Bertz CT molecular complexity index is 433. The largest absolute Gasteiger partial charge is 0.504 e. The van der Waals surface area contributed by atoms with Crippen molar-refractivity contribution >= 4 is 5.97 Å². The molecular weight excluding hydrogens is 208 g/mol. The van der Waals surface area contributed by atoms with Gasteiger partial charge in [-0.25, -0.2) is 4.79 Å². The summed E-state index contributed by atoms with van der Waals surface area (Å²) in [6.07, 6.45) is 2.59. The fraction of sp³-hybridized carbons (Fsp3) is 0.250. The summed E-state index contributed by atoms with van der Waals surface area (Å²) < 4.78 is 0. The van der Waals surface area contributed by atoms with E-state index in [0.717, 1.165) is 11.6 Å². The maximum absolute atomic E-state index is 10.4. The van der Waals surface area contributed by atoms with Gasteiger partial charge in [-0.2, -0.15) is 0 Å². The van der Waals surface area contributed by atoms with Crippen LogP contribution in [-0.2, 0) is 10.2 Å². The Balaban J connectivity index is 3.07. The van der Waals surface area contributed by atoms with E-state index < -0.39 is 11.4 Å². The molecular formula is C12H14O4. The molecule has 0 atom stereocenters. The molecule has 0 aromatic heterocycles. The molecule has 3 N–H and O–H groups in total. The molecule has 0 bridgehead atoms. The number of allylic oxidation sites excluding steroid dienone is 1. The molecule has 0 amide bonds. The van der Waals surface area contributed by atoms with Gasteiger partial charge < -0.3 is 15.3 Å². The smallest absolute Gasteiger partial charge is 0.328 e. The second kappa shape index (κ2) is 4.26. The number of carboxylic acids is 1. The van der Waals surface area contributed by atoms with E-state index in [2.05, 4.69) is 0 Å².